The molecular weight excluding hydrogens is 443 g/mol. The molecule has 35 heavy (non-hydrogen) atoms. The Morgan fingerprint density at radius 2 is 1.80 bits per heavy atom. The van der Waals surface area contributed by atoms with E-state index >= 15 is 0 Å². The van der Waals surface area contributed by atoms with Crippen molar-refractivity contribution in [2.24, 2.45) is 0 Å². The van der Waals surface area contributed by atoms with Gasteiger partial charge in [0.1, 0.15) is 17.5 Å². The summed E-state index contributed by atoms with van der Waals surface area (Å²) in [5.41, 5.74) is 10.8. The Bertz CT molecular complexity index is 1340. The van der Waals surface area contributed by atoms with Crippen LogP contribution in [0.3, 0.4) is 0 Å². The summed E-state index contributed by atoms with van der Waals surface area (Å²) in [7, 11) is 2.09. The Labute approximate surface area is 204 Å². The van der Waals surface area contributed by atoms with E-state index in [9.17, 15) is 4.39 Å². The fourth-order valence-corrected chi connectivity index (χ4v) is 5.29. The van der Waals surface area contributed by atoms with Crippen LogP contribution in [-0.2, 0) is 0 Å². The Balaban J connectivity index is 1.31. The standard InChI is InChI=1S/C26H31FN8/c1-33-7-9-34(10-8-33)24-13-23-22(12-21(24)27)31-26(32-23)20-11-17(14-29-25(20)28)18-15-30-35(16-18)19-5-3-2-4-6-19/h11-16,19H,2-10H2,1H3,(H2,28,29)(H,31,32). The van der Waals surface area contributed by atoms with E-state index in [1.807, 2.05) is 18.3 Å². The molecule has 0 unspecified atom stereocenters. The monoisotopic (exact) mass is 474 g/mol. The summed E-state index contributed by atoms with van der Waals surface area (Å²) in [5.74, 6) is 0.723. The Morgan fingerprint density at radius 1 is 1.00 bits per heavy atom. The van der Waals surface area contributed by atoms with Gasteiger partial charge in [0, 0.05) is 55.8 Å². The zero-order chi connectivity index (χ0) is 23.9. The third kappa shape index (κ3) is 4.25. The van der Waals surface area contributed by atoms with Gasteiger partial charge in [-0.05, 0) is 32.0 Å². The number of anilines is 2. The number of H-pyrrole nitrogens is 1. The molecule has 2 aliphatic rings. The van der Waals surface area contributed by atoms with E-state index in [-0.39, 0.29) is 5.82 Å². The van der Waals surface area contributed by atoms with Crippen molar-refractivity contribution < 1.29 is 4.39 Å². The number of piperazine rings is 1. The number of nitrogens with one attached hydrogen (secondary N) is 1. The SMILES string of the molecule is CN1CCN(c2cc3nc(-c4cc(-c5cnn(C6CCCCC6)c5)cnc4N)[nH]c3cc2F)CC1. The molecule has 0 amide bonds. The predicted octanol–water partition coefficient (Wildman–Crippen LogP) is 4.47. The molecule has 4 heterocycles. The molecule has 2 fully saturated rings. The zero-order valence-corrected chi connectivity index (χ0v) is 20.0. The Morgan fingerprint density at radius 3 is 2.60 bits per heavy atom. The first-order chi connectivity index (χ1) is 17.0. The molecule has 182 valence electrons. The number of hydrogen-bond donors (Lipinski definition) is 2. The minimum absolute atomic E-state index is 0.243. The summed E-state index contributed by atoms with van der Waals surface area (Å²) >= 11 is 0. The second kappa shape index (κ2) is 8.96. The van der Waals surface area contributed by atoms with E-state index in [1.165, 1.54) is 38.2 Å². The third-order valence-electron chi connectivity index (χ3n) is 7.45. The molecule has 6 rings (SSSR count). The van der Waals surface area contributed by atoms with Gasteiger partial charge in [0.25, 0.3) is 0 Å². The quantitative estimate of drug-likeness (QED) is 0.454. The largest absolute Gasteiger partial charge is 0.383 e. The third-order valence-corrected chi connectivity index (χ3v) is 7.45. The van der Waals surface area contributed by atoms with Gasteiger partial charge < -0.3 is 20.5 Å². The molecule has 0 atom stereocenters. The summed E-state index contributed by atoms with van der Waals surface area (Å²) in [5, 5.41) is 4.63. The van der Waals surface area contributed by atoms with E-state index in [0.29, 0.717) is 40.0 Å². The summed E-state index contributed by atoms with van der Waals surface area (Å²) in [4.78, 5) is 16.8. The molecule has 1 saturated carbocycles. The average molecular weight is 475 g/mol. The molecule has 4 aromatic rings. The lowest BCUT2D eigenvalue weighted by Crippen LogP contribution is -2.44. The van der Waals surface area contributed by atoms with Crippen LogP contribution in [0.1, 0.15) is 38.1 Å². The second-order valence-electron chi connectivity index (χ2n) is 9.85. The number of halogens is 1. The lowest BCUT2D eigenvalue weighted by molar-refractivity contribution is 0.312. The molecule has 1 aliphatic heterocycles. The van der Waals surface area contributed by atoms with E-state index in [2.05, 4.69) is 42.8 Å². The smallest absolute Gasteiger partial charge is 0.148 e. The van der Waals surface area contributed by atoms with Gasteiger partial charge >= 0.3 is 0 Å². The van der Waals surface area contributed by atoms with Gasteiger partial charge in [-0.1, -0.05) is 19.3 Å². The number of nitrogen functional groups attached to an aromatic ring is 1. The van der Waals surface area contributed by atoms with E-state index < -0.39 is 0 Å². The molecule has 9 heteroatoms. The predicted molar refractivity (Wildman–Crippen MR) is 137 cm³/mol. The van der Waals surface area contributed by atoms with Crippen molar-refractivity contribution in [1.29, 1.82) is 0 Å². The zero-order valence-electron chi connectivity index (χ0n) is 20.0. The number of aromatic amines is 1. The molecule has 0 bridgehead atoms. The lowest BCUT2D eigenvalue weighted by atomic mass is 9.96. The second-order valence-corrected chi connectivity index (χ2v) is 9.85. The number of nitrogens with zero attached hydrogens (tertiary/aromatic N) is 6. The number of likely N-dealkylation sites (N-methyl/N-ethyl adjacent to an activating group) is 1. The number of imidazole rings is 1. The molecule has 3 N–H and O–H groups in total. The topological polar surface area (TPSA) is 91.9 Å². The molecule has 3 aromatic heterocycles. The molecule has 0 spiro atoms. The number of hydrogen-bond acceptors (Lipinski definition) is 6. The summed E-state index contributed by atoms with van der Waals surface area (Å²) in [6.45, 7) is 3.42. The number of benzene rings is 1. The molecule has 1 saturated heterocycles. The van der Waals surface area contributed by atoms with Crippen molar-refractivity contribution in [3.05, 3.63) is 42.6 Å². The summed E-state index contributed by atoms with van der Waals surface area (Å²) < 4.78 is 17.1. The van der Waals surface area contributed by atoms with E-state index in [1.54, 1.807) is 6.20 Å². The highest BCUT2D eigenvalue weighted by Crippen LogP contribution is 2.33. The number of pyridine rings is 1. The molecule has 1 aromatic carbocycles. The highest BCUT2D eigenvalue weighted by atomic mass is 19.1. The van der Waals surface area contributed by atoms with E-state index in [0.717, 1.165) is 37.3 Å². The Hall–Kier alpha value is -3.46. The van der Waals surface area contributed by atoms with Crippen molar-refractivity contribution in [2.45, 2.75) is 38.1 Å². The first kappa shape index (κ1) is 22.0. The Kier molecular flexibility index (Phi) is 5.64. The van der Waals surface area contributed by atoms with Crippen LogP contribution < -0.4 is 10.6 Å². The van der Waals surface area contributed by atoms with Crippen LogP contribution in [0.25, 0.3) is 33.5 Å². The van der Waals surface area contributed by atoms with Crippen molar-refractivity contribution in [1.82, 2.24) is 29.6 Å². The maximum absolute atomic E-state index is 15.0. The minimum Gasteiger partial charge on any atom is -0.383 e. The van der Waals surface area contributed by atoms with Crippen LogP contribution in [0.15, 0.2) is 36.8 Å². The van der Waals surface area contributed by atoms with Gasteiger partial charge in [-0.25, -0.2) is 14.4 Å². The number of fused-ring (bicyclic) bond motifs is 1. The van der Waals surface area contributed by atoms with Crippen molar-refractivity contribution in [3.8, 4) is 22.5 Å². The lowest BCUT2D eigenvalue weighted by Gasteiger charge is -2.34. The highest BCUT2D eigenvalue weighted by molar-refractivity contribution is 5.85. The summed E-state index contributed by atoms with van der Waals surface area (Å²) in [6, 6.07) is 5.82. The minimum atomic E-state index is -0.243. The van der Waals surface area contributed by atoms with Gasteiger partial charge in [-0.2, -0.15) is 5.10 Å². The van der Waals surface area contributed by atoms with Gasteiger partial charge in [0.05, 0.1) is 34.5 Å². The first-order valence-corrected chi connectivity index (χ1v) is 12.5. The van der Waals surface area contributed by atoms with Gasteiger partial charge in [-0.15, -0.1) is 0 Å². The highest BCUT2D eigenvalue weighted by Gasteiger charge is 2.21. The van der Waals surface area contributed by atoms with Crippen LogP contribution in [0, 0.1) is 5.82 Å². The van der Waals surface area contributed by atoms with E-state index in [4.69, 9.17) is 10.7 Å². The maximum atomic E-state index is 15.0. The molecule has 1 aliphatic carbocycles. The van der Waals surface area contributed by atoms with Crippen LogP contribution in [0.4, 0.5) is 15.9 Å². The van der Waals surface area contributed by atoms with Crippen LogP contribution >= 0.6 is 0 Å². The maximum Gasteiger partial charge on any atom is 0.148 e. The van der Waals surface area contributed by atoms with Crippen molar-refractivity contribution >= 4 is 22.5 Å². The number of rotatable bonds is 4. The van der Waals surface area contributed by atoms with Gasteiger partial charge in [0.15, 0.2) is 0 Å². The molecule has 8 nitrogen and oxygen atoms in total. The van der Waals surface area contributed by atoms with Crippen LogP contribution in [0.2, 0.25) is 0 Å². The number of nitrogens with two attached hydrogens (primary N) is 1. The fourth-order valence-electron chi connectivity index (χ4n) is 5.29. The first-order valence-electron chi connectivity index (χ1n) is 12.5. The average Bonchev–Trinajstić information content (AvgIpc) is 3.52. The molecular formula is C26H31FN8. The van der Waals surface area contributed by atoms with Gasteiger partial charge in [-0.3, -0.25) is 4.68 Å². The van der Waals surface area contributed by atoms with Crippen LogP contribution in [-0.4, -0.2) is 62.9 Å². The van der Waals surface area contributed by atoms with Crippen LogP contribution in [0.5, 0.6) is 0 Å². The number of aromatic nitrogens is 5. The van der Waals surface area contributed by atoms with Crippen molar-refractivity contribution in [2.75, 3.05) is 43.9 Å². The summed E-state index contributed by atoms with van der Waals surface area (Å²) in [6.07, 6.45) is 12.0. The normalized spacial score (nSPS) is 17.9. The molecule has 0 radical (unpaired) electrons. The van der Waals surface area contributed by atoms with Crippen molar-refractivity contribution in [3.63, 3.8) is 0 Å². The van der Waals surface area contributed by atoms with Gasteiger partial charge in [0.2, 0.25) is 0 Å². The fraction of sp³-hybridized carbons (Fsp3) is 0.423.